The SMILES string of the molecule is COc1ccccc1Cc1nnc(SCc2csc(-c3ccc(C(C)C)cc3)n2)o1. The van der Waals surface area contributed by atoms with Gasteiger partial charge in [0, 0.05) is 22.3 Å². The Morgan fingerprint density at radius 3 is 2.63 bits per heavy atom. The molecule has 2 aromatic carbocycles. The minimum absolute atomic E-state index is 0.532. The van der Waals surface area contributed by atoms with Gasteiger partial charge in [-0.25, -0.2) is 4.98 Å². The molecule has 0 saturated heterocycles. The van der Waals surface area contributed by atoms with Gasteiger partial charge >= 0.3 is 0 Å². The lowest BCUT2D eigenvalue weighted by molar-refractivity contribution is 0.400. The van der Waals surface area contributed by atoms with Gasteiger partial charge in [-0.15, -0.1) is 21.5 Å². The number of hydrogen-bond donors (Lipinski definition) is 0. The predicted octanol–water partition coefficient (Wildman–Crippen LogP) is 6.21. The Hall–Kier alpha value is -2.64. The number of aromatic nitrogens is 3. The lowest BCUT2D eigenvalue weighted by Gasteiger charge is -2.05. The summed E-state index contributed by atoms with van der Waals surface area (Å²) in [5, 5.41) is 12.0. The maximum atomic E-state index is 5.80. The Bertz CT molecular complexity index is 1100. The molecule has 7 heteroatoms. The van der Waals surface area contributed by atoms with Gasteiger partial charge < -0.3 is 9.15 Å². The first kappa shape index (κ1) is 20.6. The zero-order valence-corrected chi connectivity index (χ0v) is 18.8. The summed E-state index contributed by atoms with van der Waals surface area (Å²) in [6.07, 6.45) is 0.546. The molecule has 30 heavy (non-hydrogen) atoms. The van der Waals surface area contributed by atoms with Crippen LogP contribution in [0.2, 0.25) is 0 Å². The van der Waals surface area contributed by atoms with Crippen LogP contribution in [0.1, 0.15) is 42.5 Å². The minimum Gasteiger partial charge on any atom is -0.496 e. The normalized spacial score (nSPS) is 11.2. The third kappa shape index (κ3) is 4.91. The molecular formula is C23H23N3O2S2. The summed E-state index contributed by atoms with van der Waals surface area (Å²) >= 11 is 3.16. The van der Waals surface area contributed by atoms with Crippen molar-refractivity contribution in [3.8, 4) is 16.3 Å². The Morgan fingerprint density at radius 2 is 1.87 bits per heavy atom. The van der Waals surface area contributed by atoms with Gasteiger partial charge in [0.1, 0.15) is 10.8 Å². The number of ether oxygens (including phenoxy) is 1. The molecule has 0 radical (unpaired) electrons. The van der Waals surface area contributed by atoms with Gasteiger partial charge in [-0.3, -0.25) is 0 Å². The maximum absolute atomic E-state index is 5.80. The number of para-hydroxylation sites is 1. The van der Waals surface area contributed by atoms with Crippen molar-refractivity contribution in [2.75, 3.05) is 7.11 Å². The largest absolute Gasteiger partial charge is 0.496 e. The first-order chi connectivity index (χ1) is 14.6. The van der Waals surface area contributed by atoms with Gasteiger partial charge in [-0.2, -0.15) is 0 Å². The average molecular weight is 438 g/mol. The quantitative estimate of drug-likeness (QED) is 0.306. The van der Waals surface area contributed by atoms with Crippen molar-refractivity contribution in [1.82, 2.24) is 15.2 Å². The van der Waals surface area contributed by atoms with Crippen molar-refractivity contribution < 1.29 is 9.15 Å². The molecular weight excluding hydrogens is 414 g/mol. The number of methoxy groups -OCH3 is 1. The molecule has 2 aromatic heterocycles. The number of benzene rings is 2. The van der Waals surface area contributed by atoms with Crippen LogP contribution in [-0.4, -0.2) is 22.3 Å². The van der Waals surface area contributed by atoms with Crippen LogP contribution in [0.3, 0.4) is 0 Å². The zero-order chi connectivity index (χ0) is 20.9. The van der Waals surface area contributed by atoms with Crippen LogP contribution in [-0.2, 0) is 12.2 Å². The molecule has 0 aliphatic heterocycles. The van der Waals surface area contributed by atoms with Crippen LogP contribution in [0.15, 0.2) is 63.6 Å². The molecule has 2 heterocycles. The summed E-state index contributed by atoms with van der Waals surface area (Å²) in [4.78, 5) is 4.76. The molecule has 0 amide bonds. The highest BCUT2D eigenvalue weighted by Gasteiger charge is 2.12. The number of thioether (sulfide) groups is 1. The smallest absolute Gasteiger partial charge is 0.276 e. The number of rotatable bonds is 8. The molecule has 0 aliphatic carbocycles. The highest BCUT2D eigenvalue weighted by molar-refractivity contribution is 7.98. The molecule has 0 unspecified atom stereocenters. The van der Waals surface area contributed by atoms with E-state index < -0.39 is 0 Å². The average Bonchev–Trinajstić information content (AvgIpc) is 3.42. The Balaban J connectivity index is 1.37. The van der Waals surface area contributed by atoms with Gasteiger partial charge in [-0.1, -0.05) is 68.1 Å². The summed E-state index contributed by atoms with van der Waals surface area (Å²) in [5.74, 6) is 2.62. The van der Waals surface area contributed by atoms with Gasteiger partial charge in [0.25, 0.3) is 5.22 Å². The van der Waals surface area contributed by atoms with E-state index in [4.69, 9.17) is 14.1 Å². The van der Waals surface area contributed by atoms with Crippen LogP contribution in [0, 0.1) is 0 Å². The molecule has 0 spiro atoms. The predicted molar refractivity (Wildman–Crippen MR) is 121 cm³/mol. The van der Waals surface area contributed by atoms with Gasteiger partial charge in [0.2, 0.25) is 5.89 Å². The Kier molecular flexibility index (Phi) is 6.50. The molecule has 154 valence electrons. The first-order valence-corrected chi connectivity index (χ1v) is 11.6. The number of thiazole rings is 1. The Morgan fingerprint density at radius 1 is 1.07 bits per heavy atom. The van der Waals surface area contributed by atoms with E-state index in [0.29, 0.717) is 29.2 Å². The standard InChI is InChI=1S/C23H23N3O2S2/c1-15(2)16-8-10-17(11-9-16)22-24-19(13-29-22)14-30-23-26-25-21(28-23)12-18-6-4-5-7-20(18)27-3/h4-11,13,15H,12,14H2,1-3H3. The van der Waals surface area contributed by atoms with Gasteiger partial charge in [0.05, 0.1) is 19.2 Å². The van der Waals surface area contributed by atoms with Crippen LogP contribution >= 0.6 is 23.1 Å². The van der Waals surface area contributed by atoms with Crippen LogP contribution in [0.25, 0.3) is 10.6 Å². The van der Waals surface area contributed by atoms with E-state index in [1.807, 2.05) is 24.3 Å². The summed E-state index contributed by atoms with van der Waals surface area (Å²) in [6.45, 7) is 4.40. The summed E-state index contributed by atoms with van der Waals surface area (Å²) < 4.78 is 11.2. The summed E-state index contributed by atoms with van der Waals surface area (Å²) in [6, 6.07) is 16.5. The highest BCUT2D eigenvalue weighted by Crippen LogP contribution is 2.29. The highest BCUT2D eigenvalue weighted by atomic mass is 32.2. The van der Waals surface area contributed by atoms with Crippen molar-refractivity contribution in [2.24, 2.45) is 0 Å². The second kappa shape index (κ2) is 9.45. The molecule has 0 saturated carbocycles. The monoisotopic (exact) mass is 437 g/mol. The fourth-order valence-electron chi connectivity index (χ4n) is 3.03. The van der Waals surface area contributed by atoms with Crippen molar-refractivity contribution in [1.29, 1.82) is 0 Å². The van der Waals surface area contributed by atoms with Crippen LogP contribution < -0.4 is 4.74 Å². The van der Waals surface area contributed by atoms with E-state index in [9.17, 15) is 0 Å². The first-order valence-electron chi connectivity index (χ1n) is 9.74. The van der Waals surface area contributed by atoms with E-state index in [0.717, 1.165) is 27.6 Å². The van der Waals surface area contributed by atoms with E-state index in [2.05, 4.69) is 53.7 Å². The van der Waals surface area contributed by atoms with Crippen LogP contribution in [0.4, 0.5) is 0 Å². The maximum Gasteiger partial charge on any atom is 0.276 e. The van der Waals surface area contributed by atoms with Gasteiger partial charge in [-0.05, 0) is 17.5 Å². The van der Waals surface area contributed by atoms with E-state index in [1.165, 1.54) is 17.3 Å². The molecule has 0 aliphatic rings. The van der Waals surface area contributed by atoms with Crippen molar-refractivity contribution in [3.63, 3.8) is 0 Å². The third-order valence-corrected chi connectivity index (χ3v) is 6.49. The van der Waals surface area contributed by atoms with Crippen molar-refractivity contribution >= 4 is 23.1 Å². The molecule has 4 aromatic rings. The Labute approximate surface area is 184 Å². The number of hydrogen-bond acceptors (Lipinski definition) is 7. The molecule has 4 rings (SSSR count). The lowest BCUT2D eigenvalue weighted by atomic mass is 10.0. The third-order valence-electron chi connectivity index (χ3n) is 4.70. The number of nitrogens with zero attached hydrogens (tertiary/aromatic N) is 3. The topological polar surface area (TPSA) is 61.0 Å². The zero-order valence-electron chi connectivity index (χ0n) is 17.2. The molecule has 0 atom stereocenters. The van der Waals surface area contributed by atoms with Crippen molar-refractivity contribution in [2.45, 2.75) is 37.2 Å². The second-order valence-corrected chi connectivity index (χ2v) is 8.94. The van der Waals surface area contributed by atoms with E-state index in [1.54, 1.807) is 18.4 Å². The van der Waals surface area contributed by atoms with Crippen LogP contribution in [0.5, 0.6) is 5.75 Å². The van der Waals surface area contributed by atoms with Gasteiger partial charge in [0.15, 0.2) is 0 Å². The van der Waals surface area contributed by atoms with Crippen molar-refractivity contribution in [3.05, 3.63) is 76.6 Å². The lowest BCUT2D eigenvalue weighted by Crippen LogP contribution is -1.93. The summed E-state index contributed by atoms with van der Waals surface area (Å²) in [5.41, 5.74) is 4.52. The summed E-state index contributed by atoms with van der Waals surface area (Å²) in [7, 11) is 1.66. The molecule has 0 bridgehead atoms. The fraction of sp³-hybridized carbons (Fsp3) is 0.261. The second-order valence-electron chi connectivity index (χ2n) is 7.16. The molecule has 5 nitrogen and oxygen atoms in total. The van der Waals surface area contributed by atoms with E-state index in [-0.39, 0.29) is 0 Å². The molecule has 0 N–H and O–H groups in total. The fourth-order valence-corrected chi connectivity index (χ4v) is 4.64. The molecule has 0 fully saturated rings. The minimum atomic E-state index is 0.532. The van der Waals surface area contributed by atoms with E-state index >= 15 is 0 Å².